The van der Waals surface area contributed by atoms with Crippen molar-refractivity contribution < 1.29 is 0 Å². The molecule has 4 nitrogen and oxygen atoms in total. The molecule has 90 valence electrons. The fourth-order valence-corrected chi connectivity index (χ4v) is 2.65. The molecule has 0 aromatic carbocycles. The Hall–Kier alpha value is -0.870. The highest BCUT2D eigenvalue weighted by atomic mass is 15.3. The quantitative estimate of drug-likeness (QED) is 0.604. The monoisotopic (exact) mass is 222 g/mol. The van der Waals surface area contributed by atoms with Gasteiger partial charge in [0, 0.05) is 13.2 Å². The summed E-state index contributed by atoms with van der Waals surface area (Å²) < 4.78 is 1.83. The Bertz CT molecular complexity index is 315. The van der Waals surface area contributed by atoms with Gasteiger partial charge in [-0.1, -0.05) is 32.1 Å². The number of aryl methyl sites for hydroxylation is 1. The summed E-state index contributed by atoms with van der Waals surface area (Å²) in [5.41, 5.74) is 3.97. The summed E-state index contributed by atoms with van der Waals surface area (Å²) in [6, 6.07) is 2.26. The first-order valence-corrected chi connectivity index (χ1v) is 6.25. The second kappa shape index (κ2) is 5.46. The summed E-state index contributed by atoms with van der Waals surface area (Å²) >= 11 is 0. The Balaban J connectivity index is 1.94. The molecule has 1 heterocycles. The maximum atomic E-state index is 5.63. The predicted molar refractivity (Wildman–Crippen MR) is 64.5 cm³/mol. The Kier molecular flexibility index (Phi) is 3.96. The molecular formula is C12H22N4. The van der Waals surface area contributed by atoms with Crippen LogP contribution >= 0.6 is 0 Å². The average molecular weight is 222 g/mol. The lowest BCUT2D eigenvalue weighted by molar-refractivity contribution is 0.298. The van der Waals surface area contributed by atoms with E-state index < -0.39 is 0 Å². The lowest BCUT2D eigenvalue weighted by Crippen LogP contribution is -2.30. The normalized spacial score (nSPS) is 19.9. The van der Waals surface area contributed by atoms with Gasteiger partial charge in [-0.2, -0.15) is 5.10 Å². The number of hydrogen-bond donors (Lipinski definition) is 2. The highest BCUT2D eigenvalue weighted by molar-refractivity contribution is 5.05. The van der Waals surface area contributed by atoms with Crippen LogP contribution in [0.3, 0.4) is 0 Å². The Morgan fingerprint density at radius 1 is 1.50 bits per heavy atom. The zero-order valence-corrected chi connectivity index (χ0v) is 10.0. The van der Waals surface area contributed by atoms with Crippen molar-refractivity contribution in [3.05, 3.63) is 18.0 Å². The molecule has 1 aromatic heterocycles. The maximum Gasteiger partial charge on any atom is 0.0807 e. The minimum Gasteiger partial charge on any atom is -0.275 e. The van der Waals surface area contributed by atoms with Crippen LogP contribution in [0.1, 0.15) is 50.3 Å². The van der Waals surface area contributed by atoms with Gasteiger partial charge in [0.05, 0.1) is 11.7 Å². The van der Waals surface area contributed by atoms with Crippen molar-refractivity contribution in [2.45, 2.75) is 44.6 Å². The largest absolute Gasteiger partial charge is 0.275 e. The number of aromatic nitrogens is 2. The molecule has 3 N–H and O–H groups in total. The van der Waals surface area contributed by atoms with Crippen molar-refractivity contribution in [2.24, 2.45) is 18.8 Å². The van der Waals surface area contributed by atoms with Crippen molar-refractivity contribution in [3.63, 3.8) is 0 Å². The van der Waals surface area contributed by atoms with Crippen LogP contribution in [0, 0.1) is 5.92 Å². The third-order valence-corrected chi connectivity index (χ3v) is 3.59. The van der Waals surface area contributed by atoms with Crippen LogP contribution in [-0.4, -0.2) is 9.78 Å². The number of hydrazine groups is 1. The van der Waals surface area contributed by atoms with E-state index in [1.54, 1.807) is 0 Å². The molecule has 0 spiro atoms. The van der Waals surface area contributed by atoms with Crippen molar-refractivity contribution >= 4 is 0 Å². The molecule has 0 bridgehead atoms. The van der Waals surface area contributed by atoms with E-state index in [0.717, 1.165) is 18.0 Å². The maximum absolute atomic E-state index is 5.63. The van der Waals surface area contributed by atoms with Crippen molar-refractivity contribution in [3.8, 4) is 0 Å². The average Bonchev–Trinajstić information content (AvgIpc) is 2.74. The van der Waals surface area contributed by atoms with E-state index in [1.165, 1.54) is 32.1 Å². The summed E-state index contributed by atoms with van der Waals surface area (Å²) in [6.07, 6.45) is 9.96. The lowest BCUT2D eigenvalue weighted by Gasteiger charge is -2.25. The van der Waals surface area contributed by atoms with Gasteiger partial charge < -0.3 is 0 Å². The molecule has 0 aliphatic heterocycles. The first kappa shape index (κ1) is 11.6. The van der Waals surface area contributed by atoms with Crippen LogP contribution < -0.4 is 11.3 Å². The Labute approximate surface area is 97.2 Å². The highest BCUT2D eigenvalue weighted by Crippen LogP contribution is 2.30. The van der Waals surface area contributed by atoms with E-state index in [9.17, 15) is 0 Å². The standard InChI is InChI=1S/C12H22N4/c1-16-8-7-11(15-16)12(14-13)9-10-5-3-2-4-6-10/h7-8,10,12,14H,2-6,9,13H2,1H3. The molecule has 1 aliphatic carbocycles. The van der Waals surface area contributed by atoms with E-state index in [0.29, 0.717) is 0 Å². The molecular weight excluding hydrogens is 200 g/mol. The van der Waals surface area contributed by atoms with E-state index in [4.69, 9.17) is 5.84 Å². The van der Waals surface area contributed by atoms with Crippen LogP contribution in [0.2, 0.25) is 0 Å². The molecule has 0 saturated heterocycles. The lowest BCUT2D eigenvalue weighted by atomic mass is 9.84. The van der Waals surface area contributed by atoms with Crippen LogP contribution in [0.4, 0.5) is 0 Å². The summed E-state index contributed by atoms with van der Waals surface area (Å²) in [5, 5.41) is 4.42. The first-order chi connectivity index (χ1) is 7.79. The van der Waals surface area contributed by atoms with Crippen LogP contribution in [0.15, 0.2) is 12.3 Å². The van der Waals surface area contributed by atoms with Gasteiger partial charge in [0.1, 0.15) is 0 Å². The SMILES string of the molecule is Cn1ccc(C(CC2CCCCC2)NN)n1. The van der Waals surface area contributed by atoms with E-state index in [2.05, 4.69) is 10.5 Å². The highest BCUT2D eigenvalue weighted by Gasteiger charge is 2.20. The minimum absolute atomic E-state index is 0.212. The van der Waals surface area contributed by atoms with Crippen LogP contribution in [-0.2, 0) is 7.05 Å². The van der Waals surface area contributed by atoms with Gasteiger partial charge in [-0.15, -0.1) is 0 Å². The second-order valence-electron chi connectivity index (χ2n) is 4.87. The van der Waals surface area contributed by atoms with Crippen molar-refractivity contribution in [2.75, 3.05) is 0 Å². The van der Waals surface area contributed by atoms with E-state index in [1.807, 2.05) is 24.0 Å². The number of nitrogens with one attached hydrogen (secondary N) is 1. The molecule has 0 amide bonds. The van der Waals surface area contributed by atoms with Crippen molar-refractivity contribution in [1.82, 2.24) is 15.2 Å². The van der Waals surface area contributed by atoms with Gasteiger partial charge in [0.25, 0.3) is 0 Å². The molecule has 1 atom stereocenters. The smallest absolute Gasteiger partial charge is 0.0807 e. The third kappa shape index (κ3) is 2.83. The van der Waals surface area contributed by atoms with Gasteiger partial charge in [-0.25, -0.2) is 0 Å². The predicted octanol–water partition coefficient (Wildman–Crippen LogP) is 1.89. The fourth-order valence-electron chi connectivity index (χ4n) is 2.65. The fraction of sp³-hybridized carbons (Fsp3) is 0.750. The Morgan fingerprint density at radius 3 is 2.81 bits per heavy atom. The minimum atomic E-state index is 0.212. The van der Waals surface area contributed by atoms with Gasteiger partial charge >= 0.3 is 0 Å². The molecule has 0 radical (unpaired) electrons. The number of nitrogens with zero attached hydrogens (tertiary/aromatic N) is 2. The number of nitrogens with two attached hydrogens (primary N) is 1. The third-order valence-electron chi connectivity index (χ3n) is 3.59. The molecule has 1 unspecified atom stereocenters. The molecule has 2 rings (SSSR count). The van der Waals surface area contributed by atoms with Crippen molar-refractivity contribution in [1.29, 1.82) is 0 Å². The van der Waals surface area contributed by atoms with Gasteiger partial charge in [0.15, 0.2) is 0 Å². The van der Waals surface area contributed by atoms with E-state index in [-0.39, 0.29) is 6.04 Å². The summed E-state index contributed by atoms with van der Waals surface area (Å²) in [5.74, 6) is 6.45. The first-order valence-electron chi connectivity index (χ1n) is 6.25. The molecule has 1 aliphatic rings. The molecule has 1 aromatic rings. The molecule has 1 fully saturated rings. The zero-order valence-electron chi connectivity index (χ0n) is 10.0. The second-order valence-corrected chi connectivity index (χ2v) is 4.87. The summed E-state index contributed by atoms with van der Waals surface area (Å²) in [7, 11) is 1.94. The summed E-state index contributed by atoms with van der Waals surface area (Å²) in [6.45, 7) is 0. The zero-order chi connectivity index (χ0) is 11.4. The molecule has 16 heavy (non-hydrogen) atoms. The summed E-state index contributed by atoms with van der Waals surface area (Å²) in [4.78, 5) is 0. The number of rotatable bonds is 4. The van der Waals surface area contributed by atoms with E-state index >= 15 is 0 Å². The van der Waals surface area contributed by atoms with Crippen LogP contribution in [0.25, 0.3) is 0 Å². The molecule has 1 saturated carbocycles. The Morgan fingerprint density at radius 2 is 2.25 bits per heavy atom. The van der Waals surface area contributed by atoms with Crippen LogP contribution in [0.5, 0.6) is 0 Å². The van der Waals surface area contributed by atoms with Gasteiger partial charge in [-0.05, 0) is 18.4 Å². The van der Waals surface area contributed by atoms with Gasteiger partial charge in [-0.3, -0.25) is 16.0 Å². The molecule has 4 heteroatoms. The topological polar surface area (TPSA) is 55.9 Å². The number of hydrogen-bond acceptors (Lipinski definition) is 3. The van der Waals surface area contributed by atoms with Gasteiger partial charge in [0.2, 0.25) is 0 Å².